The zero-order valence-electron chi connectivity index (χ0n) is 15.4. The predicted octanol–water partition coefficient (Wildman–Crippen LogP) is 5.19. The molecule has 4 rings (SSSR count). The smallest absolute Gasteiger partial charge is 0.128 e. The van der Waals surface area contributed by atoms with Crippen LogP contribution in [-0.4, -0.2) is 30.2 Å². The van der Waals surface area contributed by atoms with Crippen molar-refractivity contribution in [3.05, 3.63) is 54.0 Å². The topological polar surface area (TPSA) is 32.0 Å². The molecule has 1 aromatic heterocycles. The van der Waals surface area contributed by atoms with E-state index in [1.807, 2.05) is 6.07 Å². The molecule has 0 spiro atoms. The lowest BCUT2D eigenvalue weighted by atomic mass is 10.0. The average molecular weight is 374 g/mol. The van der Waals surface area contributed by atoms with Crippen LogP contribution in [0.3, 0.4) is 0 Å². The third-order valence-corrected chi connectivity index (χ3v) is 5.31. The summed E-state index contributed by atoms with van der Waals surface area (Å²) in [5.41, 5.74) is 3.69. The summed E-state index contributed by atoms with van der Waals surface area (Å²) in [4.78, 5) is 2.59. The van der Waals surface area contributed by atoms with Gasteiger partial charge in [0.25, 0.3) is 0 Å². The first-order chi connectivity index (χ1) is 12.3. The number of halogens is 1. The highest BCUT2D eigenvalue weighted by atomic mass is 35.5. The fourth-order valence-corrected chi connectivity index (χ4v) is 3.83. The number of nitrogens with zero attached hydrogens (tertiary/aromatic N) is 3. The van der Waals surface area contributed by atoms with E-state index in [9.17, 15) is 0 Å². The second-order valence-corrected chi connectivity index (χ2v) is 7.23. The van der Waals surface area contributed by atoms with Gasteiger partial charge in [0.05, 0.1) is 12.0 Å². The van der Waals surface area contributed by atoms with Crippen LogP contribution in [0, 0.1) is 6.92 Å². The van der Waals surface area contributed by atoms with E-state index in [-0.39, 0.29) is 18.4 Å². The standard InChI is InChI=1S/C21H27N3O.ClH/c1-17-7-9-19(10-8-17)24-20(21-6-5-15-25-21)16-18(22-24)11-14-23-12-3-2-4-13-23;/h5-10,15,20H,2-4,11-14,16H2,1H3;1H. The average Bonchev–Trinajstić information content (AvgIpc) is 3.31. The Morgan fingerprint density at radius 1 is 1.08 bits per heavy atom. The summed E-state index contributed by atoms with van der Waals surface area (Å²) in [6, 6.07) is 12.8. The van der Waals surface area contributed by atoms with Crippen molar-refractivity contribution in [2.75, 3.05) is 24.6 Å². The Bertz CT molecular complexity index is 705. The Balaban J connectivity index is 0.00000196. The monoisotopic (exact) mass is 373 g/mol. The fourth-order valence-electron chi connectivity index (χ4n) is 3.83. The van der Waals surface area contributed by atoms with E-state index < -0.39 is 0 Å². The highest BCUT2D eigenvalue weighted by Gasteiger charge is 2.31. The number of anilines is 1. The van der Waals surface area contributed by atoms with Gasteiger partial charge in [0, 0.05) is 25.1 Å². The van der Waals surface area contributed by atoms with Crippen molar-refractivity contribution in [1.82, 2.24) is 4.90 Å². The number of rotatable bonds is 5. The maximum atomic E-state index is 5.71. The molecule has 1 aromatic carbocycles. The fraction of sp³-hybridized carbons (Fsp3) is 0.476. The Kier molecular flexibility index (Phi) is 6.38. The molecule has 1 saturated heterocycles. The van der Waals surface area contributed by atoms with Crippen LogP contribution in [0.4, 0.5) is 5.69 Å². The number of benzene rings is 1. The molecule has 140 valence electrons. The lowest BCUT2D eigenvalue weighted by Crippen LogP contribution is -2.31. The molecule has 0 radical (unpaired) electrons. The van der Waals surface area contributed by atoms with Crippen LogP contribution in [0.15, 0.2) is 52.2 Å². The van der Waals surface area contributed by atoms with Crippen LogP contribution in [0.1, 0.15) is 49.5 Å². The minimum absolute atomic E-state index is 0. The van der Waals surface area contributed by atoms with E-state index in [0.29, 0.717) is 0 Å². The lowest BCUT2D eigenvalue weighted by molar-refractivity contribution is 0.234. The second-order valence-electron chi connectivity index (χ2n) is 7.23. The molecule has 26 heavy (non-hydrogen) atoms. The molecule has 4 nitrogen and oxygen atoms in total. The van der Waals surface area contributed by atoms with Gasteiger partial charge in [-0.05, 0) is 57.1 Å². The number of hydrazone groups is 1. The minimum Gasteiger partial charge on any atom is -0.467 e. The van der Waals surface area contributed by atoms with Gasteiger partial charge in [-0.25, -0.2) is 0 Å². The summed E-state index contributed by atoms with van der Waals surface area (Å²) in [5, 5.41) is 7.12. The van der Waals surface area contributed by atoms with Gasteiger partial charge in [-0.15, -0.1) is 12.4 Å². The molecule has 0 amide bonds. The first-order valence-corrected chi connectivity index (χ1v) is 9.47. The van der Waals surface area contributed by atoms with Crippen molar-refractivity contribution in [3.63, 3.8) is 0 Å². The van der Waals surface area contributed by atoms with E-state index in [1.165, 1.54) is 43.6 Å². The molecule has 3 heterocycles. The molecule has 0 bridgehead atoms. The number of piperidine rings is 1. The molecule has 2 aliphatic rings. The van der Waals surface area contributed by atoms with Gasteiger partial charge in [-0.1, -0.05) is 24.1 Å². The second kappa shape index (κ2) is 8.74. The Morgan fingerprint density at radius 2 is 1.85 bits per heavy atom. The van der Waals surface area contributed by atoms with Crippen LogP contribution in [0.2, 0.25) is 0 Å². The van der Waals surface area contributed by atoms with Crippen molar-refractivity contribution < 1.29 is 4.42 Å². The molecule has 5 heteroatoms. The lowest BCUT2D eigenvalue weighted by Gasteiger charge is -2.26. The molecule has 1 unspecified atom stereocenters. The summed E-state index contributed by atoms with van der Waals surface area (Å²) in [6.45, 7) is 5.74. The first-order valence-electron chi connectivity index (χ1n) is 9.47. The molecular formula is C21H28ClN3O. The molecule has 2 aliphatic heterocycles. The van der Waals surface area contributed by atoms with E-state index in [4.69, 9.17) is 9.52 Å². The summed E-state index contributed by atoms with van der Waals surface area (Å²) in [5.74, 6) is 0.997. The van der Waals surface area contributed by atoms with Gasteiger partial charge in [-0.3, -0.25) is 5.01 Å². The summed E-state index contributed by atoms with van der Waals surface area (Å²) in [7, 11) is 0. The Hall–Kier alpha value is -1.78. The molecule has 1 fully saturated rings. The molecule has 1 atom stereocenters. The third-order valence-electron chi connectivity index (χ3n) is 5.31. The maximum Gasteiger partial charge on any atom is 0.128 e. The Labute approximate surface area is 162 Å². The van der Waals surface area contributed by atoms with Crippen LogP contribution in [0.25, 0.3) is 0 Å². The van der Waals surface area contributed by atoms with Gasteiger partial charge in [-0.2, -0.15) is 5.10 Å². The van der Waals surface area contributed by atoms with Crippen molar-refractivity contribution in [3.8, 4) is 0 Å². The maximum absolute atomic E-state index is 5.71. The summed E-state index contributed by atoms with van der Waals surface area (Å²) in [6.07, 6.45) is 7.84. The third kappa shape index (κ3) is 4.30. The number of furan rings is 1. The SMILES string of the molecule is Cc1ccc(N2N=C(CCN3CCCCC3)CC2c2ccco2)cc1.Cl. The molecule has 0 N–H and O–H groups in total. The van der Waals surface area contributed by atoms with Crippen molar-refractivity contribution in [1.29, 1.82) is 0 Å². The van der Waals surface area contributed by atoms with Gasteiger partial charge in [0.2, 0.25) is 0 Å². The van der Waals surface area contributed by atoms with Gasteiger partial charge in [0.15, 0.2) is 0 Å². The highest BCUT2D eigenvalue weighted by Crippen LogP contribution is 2.36. The zero-order valence-corrected chi connectivity index (χ0v) is 16.3. The quantitative estimate of drug-likeness (QED) is 0.722. The van der Waals surface area contributed by atoms with Crippen molar-refractivity contribution in [2.24, 2.45) is 5.10 Å². The van der Waals surface area contributed by atoms with Gasteiger partial charge in [0.1, 0.15) is 11.8 Å². The number of hydrogen-bond acceptors (Lipinski definition) is 4. The van der Waals surface area contributed by atoms with E-state index in [0.717, 1.165) is 30.8 Å². The summed E-state index contributed by atoms with van der Waals surface area (Å²) < 4.78 is 5.71. The molecule has 0 aliphatic carbocycles. The number of aryl methyl sites for hydroxylation is 1. The highest BCUT2D eigenvalue weighted by molar-refractivity contribution is 5.89. The normalized spacial score (nSPS) is 20.7. The molecular weight excluding hydrogens is 346 g/mol. The van der Waals surface area contributed by atoms with Crippen molar-refractivity contribution in [2.45, 2.75) is 45.1 Å². The number of likely N-dealkylation sites (tertiary alicyclic amines) is 1. The predicted molar refractivity (Wildman–Crippen MR) is 109 cm³/mol. The Morgan fingerprint density at radius 3 is 2.54 bits per heavy atom. The van der Waals surface area contributed by atoms with Gasteiger partial charge < -0.3 is 9.32 Å². The van der Waals surface area contributed by atoms with Crippen LogP contribution >= 0.6 is 12.4 Å². The van der Waals surface area contributed by atoms with Crippen molar-refractivity contribution >= 4 is 23.8 Å². The van der Waals surface area contributed by atoms with E-state index in [1.54, 1.807) is 6.26 Å². The zero-order chi connectivity index (χ0) is 17.1. The number of hydrogen-bond donors (Lipinski definition) is 0. The van der Waals surface area contributed by atoms with E-state index in [2.05, 4.69) is 47.2 Å². The van der Waals surface area contributed by atoms with Gasteiger partial charge >= 0.3 is 0 Å². The van der Waals surface area contributed by atoms with Crippen LogP contribution in [0.5, 0.6) is 0 Å². The van der Waals surface area contributed by atoms with E-state index >= 15 is 0 Å². The van der Waals surface area contributed by atoms with Crippen LogP contribution < -0.4 is 5.01 Å². The van der Waals surface area contributed by atoms with Crippen LogP contribution in [-0.2, 0) is 0 Å². The molecule has 0 saturated carbocycles. The minimum atomic E-state index is 0. The molecule has 2 aromatic rings. The summed E-state index contributed by atoms with van der Waals surface area (Å²) >= 11 is 0. The first kappa shape index (κ1) is 19.0. The largest absolute Gasteiger partial charge is 0.467 e.